The van der Waals surface area contributed by atoms with E-state index >= 15 is 0 Å². The summed E-state index contributed by atoms with van der Waals surface area (Å²) in [5.74, 6) is -1.63. The van der Waals surface area contributed by atoms with Gasteiger partial charge in [-0.1, -0.05) is 60.2 Å². The van der Waals surface area contributed by atoms with E-state index in [1.165, 1.54) is 30.7 Å². The van der Waals surface area contributed by atoms with Gasteiger partial charge in [0.1, 0.15) is 12.1 Å². The SMILES string of the molecule is COC(=O)c1ccccc1-c1ccc(C[C@H](NC(=O)[C@@H]2CCCN2S(=O)(=O)c2ccc(C)cc2)C(=O)OC)cc1. The molecule has 10 heteroatoms. The molecule has 0 aromatic heterocycles. The van der Waals surface area contributed by atoms with Crippen LogP contribution in [0.5, 0.6) is 0 Å². The highest BCUT2D eigenvalue weighted by molar-refractivity contribution is 7.89. The molecular formula is C30H32N2O7S. The number of ether oxygens (including phenoxy) is 2. The average molecular weight is 565 g/mol. The Morgan fingerprint density at radius 1 is 0.950 bits per heavy atom. The number of carbonyl (C=O) groups is 3. The van der Waals surface area contributed by atoms with Gasteiger partial charge < -0.3 is 14.8 Å². The van der Waals surface area contributed by atoms with Crippen LogP contribution in [0.15, 0.2) is 77.7 Å². The largest absolute Gasteiger partial charge is 0.467 e. The van der Waals surface area contributed by atoms with Crippen molar-refractivity contribution >= 4 is 27.9 Å². The Morgan fingerprint density at radius 2 is 1.62 bits per heavy atom. The number of benzene rings is 3. The molecule has 210 valence electrons. The van der Waals surface area contributed by atoms with Crippen LogP contribution in [0.4, 0.5) is 0 Å². The lowest BCUT2D eigenvalue weighted by molar-refractivity contribution is -0.145. The quantitative estimate of drug-likeness (QED) is 0.395. The van der Waals surface area contributed by atoms with Gasteiger partial charge in [0, 0.05) is 13.0 Å². The van der Waals surface area contributed by atoms with E-state index in [0.29, 0.717) is 24.0 Å². The minimum absolute atomic E-state index is 0.121. The fourth-order valence-electron chi connectivity index (χ4n) is 4.82. The van der Waals surface area contributed by atoms with Gasteiger partial charge in [0.15, 0.2) is 0 Å². The van der Waals surface area contributed by atoms with Crippen molar-refractivity contribution in [2.24, 2.45) is 0 Å². The maximum absolute atomic E-state index is 13.3. The fourth-order valence-corrected chi connectivity index (χ4v) is 6.47. The van der Waals surface area contributed by atoms with E-state index < -0.39 is 40.0 Å². The topological polar surface area (TPSA) is 119 Å². The molecule has 2 atom stereocenters. The molecule has 1 aliphatic heterocycles. The molecule has 1 amide bonds. The minimum Gasteiger partial charge on any atom is -0.467 e. The van der Waals surface area contributed by atoms with Crippen LogP contribution in [0.2, 0.25) is 0 Å². The summed E-state index contributed by atoms with van der Waals surface area (Å²) in [5, 5.41) is 2.72. The number of nitrogens with one attached hydrogen (secondary N) is 1. The Labute approximate surface area is 234 Å². The number of aryl methyl sites for hydroxylation is 1. The first-order valence-electron chi connectivity index (χ1n) is 12.9. The fraction of sp³-hybridized carbons (Fsp3) is 0.300. The summed E-state index contributed by atoms with van der Waals surface area (Å²) in [6.45, 7) is 2.08. The van der Waals surface area contributed by atoms with E-state index in [9.17, 15) is 22.8 Å². The Morgan fingerprint density at radius 3 is 2.27 bits per heavy atom. The lowest BCUT2D eigenvalue weighted by atomic mass is 9.97. The highest BCUT2D eigenvalue weighted by Gasteiger charge is 2.40. The zero-order chi connectivity index (χ0) is 28.9. The number of methoxy groups -OCH3 is 2. The smallest absolute Gasteiger partial charge is 0.338 e. The molecule has 4 rings (SSSR count). The van der Waals surface area contributed by atoms with Crippen molar-refractivity contribution in [2.75, 3.05) is 20.8 Å². The van der Waals surface area contributed by atoms with Crippen LogP contribution in [0, 0.1) is 6.92 Å². The average Bonchev–Trinajstić information content (AvgIpc) is 3.48. The molecule has 0 aliphatic carbocycles. The second kappa shape index (κ2) is 12.4. The summed E-state index contributed by atoms with van der Waals surface area (Å²) in [4.78, 5) is 38.2. The van der Waals surface area contributed by atoms with Gasteiger partial charge in [-0.05, 0) is 54.7 Å². The van der Waals surface area contributed by atoms with Crippen molar-refractivity contribution in [2.45, 2.75) is 43.2 Å². The van der Waals surface area contributed by atoms with Crippen LogP contribution < -0.4 is 5.32 Å². The van der Waals surface area contributed by atoms with Gasteiger partial charge in [-0.3, -0.25) is 4.79 Å². The van der Waals surface area contributed by atoms with Gasteiger partial charge in [-0.25, -0.2) is 18.0 Å². The lowest BCUT2D eigenvalue weighted by Gasteiger charge is -2.25. The minimum atomic E-state index is -3.89. The van der Waals surface area contributed by atoms with E-state index in [2.05, 4.69) is 5.32 Å². The molecule has 1 saturated heterocycles. The number of nitrogens with zero attached hydrogens (tertiary/aromatic N) is 1. The number of carbonyl (C=O) groups excluding carboxylic acids is 3. The molecule has 1 N–H and O–H groups in total. The van der Waals surface area contributed by atoms with Crippen LogP contribution in [0.25, 0.3) is 11.1 Å². The molecule has 0 bridgehead atoms. The molecule has 3 aromatic rings. The van der Waals surface area contributed by atoms with E-state index in [1.54, 1.807) is 36.4 Å². The number of amides is 1. The first-order valence-corrected chi connectivity index (χ1v) is 14.3. The van der Waals surface area contributed by atoms with Crippen LogP contribution in [-0.2, 0) is 35.5 Å². The number of hydrogen-bond acceptors (Lipinski definition) is 7. The molecule has 3 aromatic carbocycles. The summed E-state index contributed by atoms with van der Waals surface area (Å²) >= 11 is 0. The standard InChI is InChI=1S/C30H32N2O7S/c1-20-10-16-23(17-11-20)40(36,37)32-18-6-9-27(32)28(33)31-26(30(35)39-3)19-21-12-14-22(15-13-21)24-7-4-5-8-25(24)29(34)38-2/h4-5,7-8,10-17,26-27H,6,9,18-19H2,1-3H3,(H,31,33)/t26-,27-/m0/s1. The molecular weight excluding hydrogens is 532 g/mol. The third-order valence-electron chi connectivity index (χ3n) is 6.97. The monoisotopic (exact) mass is 564 g/mol. The van der Waals surface area contributed by atoms with Crippen molar-refractivity contribution in [1.29, 1.82) is 0 Å². The van der Waals surface area contributed by atoms with Gasteiger partial charge in [-0.15, -0.1) is 0 Å². The van der Waals surface area contributed by atoms with Crippen molar-refractivity contribution in [3.8, 4) is 11.1 Å². The molecule has 0 unspecified atom stereocenters. The molecule has 1 aliphatic rings. The highest BCUT2D eigenvalue weighted by Crippen LogP contribution is 2.27. The van der Waals surface area contributed by atoms with Crippen molar-refractivity contribution in [1.82, 2.24) is 9.62 Å². The highest BCUT2D eigenvalue weighted by atomic mass is 32.2. The van der Waals surface area contributed by atoms with Crippen molar-refractivity contribution in [3.05, 3.63) is 89.5 Å². The zero-order valence-electron chi connectivity index (χ0n) is 22.6. The Kier molecular flexibility index (Phi) is 9.01. The summed E-state index contributed by atoms with van der Waals surface area (Å²) in [6.07, 6.45) is 1.01. The van der Waals surface area contributed by atoms with E-state index in [1.807, 2.05) is 31.2 Å². The van der Waals surface area contributed by atoms with E-state index in [0.717, 1.165) is 16.7 Å². The lowest BCUT2D eigenvalue weighted by Crippen LogP contribution is -2.51. The first kappa shape index (κ1) is 29.0. The maximum Gasteiger partial charge on any atom is 0.338 e. The van der Waals surface area contributed by atoms with Crippen LogP contribution in [0.3, 0.4) is 0 Å². The van der Waals surface area contributed by atoms with Gasteiger partial charge in [-0.2, -0.15) is 4.31 Å². The molecule has 1 fully saturated rings. The van der Waals surface area contributed by atoms with Crippen LogP contribution >= 0.6 is 0 Å². The summed E-state index contributed by atoms with van der Waals surface area (Å²) in [5.41, 5.74) is 3.59. The van der Waals surface area contributed by atoms with E-state index in [4.69, 9.17) is 9.47 Å². The van der Waals surface area contributed by atoms with Gasteiger partial charge in [0.25, 0.3) is 0 Å². The number of sulfonamides is 1. The predicted molar refractivity (Wildman–Crippen MR) is 149 cm³/mol. The number of hydrogen-bond donors (Lipinski definition) is 1. The Hall–Kier alpha value is -4.02. The number of esters is 2. The molecule has 0 radical (unpaired) electrons. The van der Waals surface area contributed by atoms with Gasteiger partial charge in [0.2, 0.25) is 15.9 Å². The van der Waals surface area contributed by atoms with Crippen molar-refractivity contribution < 1.29 is 32.3 Å². The molecule has 1 heterocycles. The molecule has 0 saturated carbocycles. The van der Waals surface area contributed by atoms with Gasteiger partial charge >= 0.3 is 11.9 Å². The maximum atomic E-state index is 13.3. The third kappa shape index (κ3) is 6.24. The van der Waals surface area contributed by atoms with Gasteiger partial charge in [0.05, 0.1) is 24.7 Å². The molecule has 40 heavy (non-hydrogen) atoms. The second-order valence-corrected chi connectivity index (χ2v) is 11.5. The number of rotatable bonds is 9. The Bertz CT molecular complexity index is 1490. The normalized spacial score (nSPS) is 16.2. The molecule has 9 nitrogen and oxygen atoms in total. The summed E-state index contributed by atoms with van der Waals surface area (Å²) < 4.78 is 37.6. The van der Waals surface area contributed by atoms with Crippen molar-refractivity contribution in [3.63, 3.8) is 0 Å². The predicted octanol–water partition coefficient (Wildman–Crippen LogP) is 3.50. The first-order chi connectivity index (χ1) is 19.1. The van der Waals surface area contributed by atoms with E-state index in [-0.39, 0.29) is 17.9 Å². The molecule has 0 spiro atoms. The third-order valence-corrected chi connectivity index (χ3v) is 8.90. The van der Waals surface area contributed by atoms with Crippen LogP contribution in [-0.4, -0.2) is 63.4 Å². The summed E-state index contributed by atoms with van der Waals surface area (Å²) in [7, 11) is -1.33. The summed E-state index contributed by atoms with van der Waals surface area (Å²) in [6, 6.07) is 18.9. The second-order valence-electron chi connectivity index (χ2n) is 9.61. The zero-order valence-corrected chi connectivity index (χ0v) is 23.4. The van der Waals surface area contributed by atoms with Crippen LogP contribution in [0.1, 0.15) is 34.3 Å². The Balaban J connectivity index is 1.51.